The summed E-state index contributed by atoms with van der Waals surface area (Å²) in [5, 5.41) is 11.0. The van der Waals surface area contributed by atoms with E-state index in [-0.39, 0.29) is 18.5 Å². The van der Waals surface area contributed by atoms with Gasteiger partial charge in [0.2, 0.25) is 0 Å². The third-order valence-electron chi connectivity index (χ3n) is 3.08. The van der Waals surface area contributed by atoms with Crippen LogP contribution in [0, 0.1) is 11.3 Å². The lowest BCUT2D eigenvalue weighted by atomic mass is 10.2. The van der Waals surface area contributed by atoms with Crippen molar-refractivity contribution in [2.45, 2.75) is 32.8 Å². The molecule has 0 spiro atoms. The summed E-state index contributed by atoms with van der Waals surface area (Å²) in [6, 6.07) is 7.94. The normalized spacial score (nSPS) is 10.4. The molecule has 1 N–H and O–H groups in total. The fourth-order valence-electron chi connectivity index (χ4n) is 1.77. The van der Waals surface area contributed by atoms with Crippen LogP contribution < -0.4 is 5.32 Å². The van der Waals surface area contributed by atoms with Crippen molar-refractivity contribution in [3.8, 4) is 6.07 Å². The smallest absolute Gasteiger partial charge is 0.412 e. The number of nitrogens with zero attached hydrogens (tertiary/aromatic N) is 2. The predicted octanol–water partition coefficient (Wildman–Crippen LogP) is 2.56. The molecule has 0 aliphatic heterocycles. The van der Waals surface area contributed by atoms with E-state index in [0.717, 1.165) is 0 Å². The number of hydrogen-bond acceptors (Lipinski definition) is 6. The first-order valence-electron chi connectivity index (χ1n) is 8.00. The first-order chi connectivity index (χ1) is 12.1. The predicted molar refractivity (Wildman–Crippen MR) is 94.4 cm³/mol. The second kappa shape index (κ2) is 9.42. The van der Waals surface area contributed by atoms with E-state index < -0.39 is 30.2 Å². The Morgan fingerprint density at radius 3 is 2.35 bits per heavy atom. The van der Waals surface area contributed by atoms with Gasteiger partial charge in [0.25, 0.3) is 5.91 Å². The minimum absolute atomic E-state index is 0.211. The van der Waals surface area contributed by atoms with Crippen molar-refractivity contribution in [1.82, 2.24) is 4.90 Å². The van der Waals surface area contributed by atoms with Crippen molar-refractivity contribution in [2.75, 3.05) is 25.5 Å². The SMILES string of the molecule is CN(CCC#N)C(=O)COC(=O)c1ccc(NC(=O)OC(C)(C)C)cc1. The van der Waals surface area contributed by atoms with Crippen molar-refractivity contribution in [2.24, 2.45) is 0 Å². The Morgan fingerprint density at radius 2 is 1.81 bits per heavy atom. The van der Waals surface area contributed by atoms with Gasteiger partial charge in [-0.15, -0.1) is 0 Å². The van der Waals surface area contributed by atoms with Crippen LogP contribution in [-0.4, -0.2) is 48.7 Å². The van der Waals surface area contributed by atoms with Crippen LogP contribution in [0.2, 0.25) is 0 Å². The highest BCUT2D eigenvalue weighted by atomic mass is 16.6. The molecule has 0 radical (unpaired) electrons. The Bertz CT molecular complexity index is 686. The molecule has 1 aromatic rings. The van der Waals surface area contributed by atoms with Crippen LogP contribution in [0.4, 0.5) is 10.5 Å². The molecular weight excluding hydrogens is 338 g/mol. The maximum atomic E-state index is 11.9. The monoisotopic (exact) mass is 361 g/mol. The van der Waals surface area contributed by atoms with Gasteiger partial charge in [-0.2, -0.15) is 5.26 Å². The number of hydrogen-bond donors (Lipinski definition) is 1. The molecule has 0 aliphatic carbocycles. The van der Waals surface area contributed by atoms with E-state index in [1.807, 2.05) is 6.07 Å². The van der Waals surface area contributed by atoms with Crippen molar-refractivity contribution in [1.29, 1.82) is 5.26 Å². The van der Waals surface area contributed by atoms with Crippen LogP contribution in [0.5, 0.6) is 0 Å². The third kappa shape index (κ3) is 7.66. The molecular formula is C18H23N3O5. The summed E-state index contributed by atoms with van der Waals surface area (Å²) in [5.41, 5.74) is 0.0937. The molecule has 0 bridgehead atoms. The van der Waals surface area contributed by atoms with Crippen molar-refractivity contribution in [3.63, 3.8) is 0 Å². The van der Waals surface area contributed by atoms with Crippen LogP contribution >= 0.6 is 0 Å². The molecule has 1 aromatic carbocycles. The van der Waals surface area contributed by atoms with Crippen molar-refractivity contribution >= 4 is 23.7 Å². The van der Waals surface area contributed by atoms with Gasteiger partial charge in [0, 0.05) is 19.3 Å². The maximum Gasteiger partial charge on any atom is 0.412 e. The molecule has 0 atom stereocenters. The van der Waals surface area contributed by atoms with Gasteiger partial charge < -0.3 is 14.4 Å². The van der Waals surface area contributed by atoms with Crippen molar-refractivity contribution in [3.05, 3.63) is 29.8 Å². The number of anilines is 1. The van der Waals surface area contributed by atoms with E-state index in [4.69, 9.17) is 14.7 Å². The van der Waals surface area contributed by atoms with Gasteiger partial charge in [0.15, 0.2) is 6.61 Å². The van der Waals surface area contributed by atoms with Crippen LogP contribution in [0.1, 0.15) is 37.6 Å². The van der Waals surface area contributed by atoms with E-state index in [0.29, 0.717) is 5.69 Å². The molecule has 0 aliphatic rings. The minimum Gasteiger partial charge on any atom is -0.452 e. The Morgan fingerprint density at radius 1 is 1.19 bits per heavy atom. The summed E-state index contributed by atoms with van der Waals surface area (Å²) in [5.74, 6) is -1.05. The second-order valence-corrected chi connectivity index (χ2v) is 6.50. The highest BCUT2D eigenvalue weighted by Crippen LogP contribution is 2.13. The maximum absolute atomic E-state index is 11.9. The number of benzene rings is 1. The van der Waals surface area contributed by atoms with E-state index in [9.17, 15) is 14.4 Å². The molecule has 1 rings (SSSR count). The molecule has 0 fully saturated rings. The lowest BCUT2D eigenvalue weighted by Gasteiger charge is -2.19. The molecule has 0 saturated heterocycles. The van der Waals surface area contributed by atoms with Gasteiger partial charge in [-0.3, -0.25) is 10.1 Å². The average molecular weight is 361 g/mol. The zero-order valence-electron chi connectivity index (χ0n) is 15.4. The fourth-order valence-corrected chi connectivity index (χ4v) is 1.77. The first-order valence-corrected chi connectivity index (χ1v) is 8.00. The number of esters is 1. The zero-order valence-corrected chi connectivity index (χ0v) is 15.4. The van der Waals surface area contributed by atoms with Gasteiger partial charge in [-0.25, -0.2) is 9.59 Å². The summed E-state index contributed by atoms with van der Waals surface area (Å²) >= 11 is 0. The lowest BCUT2D eigenvalue weighted by molar-refractivity contribution is -0.133. The summed E-state index contributed by atoms with van der Waals surface area (Å²) < 4.78 is 10.1. The van der Waals surface area contributed by atoms with E-state index >= 15 is 0 Å². The number of nitriles is 1. The third-order valence-corrected chi connectivity index (χ3v) is 3.08. The fraction of sp³-hybridized carbons (Fsp3) is 0.444. The van der Waals surface area contributed by atoms with E-state index in [1.54, 1.807) is 20.8 Å². The van der Waals surface area contributed by atoms with Crippen LogP contribution in [0.3, 0.4) is 0 Å². The molecule has 26 heavy (non-hydrogen) atoms. The topological polar surface area (TPSA) is 109 Å². The molecule has 0 heterocycles. The number of carbonyl (C=O) groups excluding carboxylic acids is 3. The number of likely N-dealkylation sites (N-methyl/N-ethyl adjacent to an activating group) is 1. The molecule has 0 unspecified atom stereocenters. The number of amides is 2. The van der Waals surface area contributed by atoms with Crippen molar-refractivity contribution < 1.29 is 23.9 Å². The van der Waals surface area contributed by atoms with Gasteiger partial charge in [-0.05, 0) is 45.0 Å². The minimum atomic E-state index is -0.657. The number of nitrogens with one attached hydrogen (secondary N) is 1. The molecule has 0 aromatic heterocycles. The highest BCUT2D eigenvalue weighted by molar-refractivity contribution is 5.92. The lowest BCUT2D eigenvalue weighted by Crippen LogP contribution is -2.31. The standard InChI is InChI=1S/C18H23N3O5/c1-18(2,3)26-17(24)20-14-8-6-13(7-9-14)16(23)25-12-15(22)21(4)11-5-10-19/h6-9H,5,11-12H2,1-4H3,(H,20,24). The Hall–Kier alpha value is -3.08. The molecule has 2 amide bonds. The van der Waals surface area contributed by atoms with Crippen LogP contribution in [0.15, 0.2) is 24.3 Å². The Balaban J connectivity index is 2.52. The molecule has 140 valence electrons. The van der Waals surface area contributed by atoms with Crippen LogP contribution in [0.25, 0.3) is 0 Å². The second-order valence-electron chi connectivity index (χ2n) is 6.50. The summed E-state index contributed by atoms with van der Waals surface area (Å²) in [7, 11) is 1.53. The number of rotatable bonds is 6. The van der Waals surface area contributed by atoms with Gasteiger partial charge in [-0.1, -0.05) is 0 Å². The first kappa shape index (κ1) is 21.0. The van der Waals surface area contributed by atoms with E-state index in [1.165, 1.54) is 36.2 Å². The van der Waals surface area contributed by atoms with Gasteiger partial charge in [0.05, 0.1) is 18.1 Å². The zero-order chi connectivity index (χ0) is 19.7. The molecule has 8 nitrogen and oxygen atoms in total. The van der Waals surface area contributed by atoms with Gasteiger partial charge >= 0.3 is 12.1 Å². The summed E-state index contributed by atoms with van der Waals surface area (Å²) in [4.78, 5) is 36.7. The summed E-state index contributed by atoms with van der Waals surface area (Å²) in [6.07, 6.45) is -0.388. The van der Waals surface area contributed by atoms with Gasteiger partial charge in [0.1, 0.15) is 5.60 Å². The Kier molecular flexibility index (Phi) is 7.59. The summed E-state index contributed by atoms with van der Waals surface area (Å²) in [6.45, 7) is 5.14. The highest BCUT2D eigenvalue weighted by Gasteiger charge is 2.17. The largest absolute Gasteiger partial charge is 0.452 e. The molecule has 8 heteroatoms. The van der Waals surface area contributed by atoms with Crippen LogP contribution in [-0.2, 0) is 14.3 Å². The number of ether oxygens (including phenoxy) is 2. The average Bonchev–Trinajstić information content (AvgIpc) is 2.56. The Labute approximate surface area is 152 Å². The number of carbonyl (C=O) groups is 3. The molecule has 0 saturated carbocycles. The quantitative estimate of drug-likeness (QED) is 0.780. The van der Waals surface area contributed by atoms with E-state index in [2.05, 4.69) is 5.32 Å².